The van der Waals surface area contributed by atoms with Crippen molar-refractivity contribution in [3.63, 3.8) is 0 Å². The third-order valence-electron chi connectivity index (χ3n) is 2.27. The van der Waals surface area contributed by atoms with Gasteiger partial charge in [-0.2, -0.15) is 0 Å². The zero-order chi connectivity index (χ0) is 11.4. The molecule has 2 aliphatic rings. The van der Waals surface area contributed by atoms with Crippen molar-refractivity contribution in [1.29, 1.82) is 0 Å². The lowest BCUT2D eigenvalue weighted by Gasteiger charge is -2.30. The van der Waals surface area contributed by atoms with Gasteiger partial charge in [0, 0.05) is 23.0 Å². The molecular weight excluding hydrogens is 288 g/mol. The van der Waals surface area contributed by atoms with E-state index in [1.807, 2.05) is 0 Å². The lowest BCUT2D eigenvalue weighted by molar-refractivity contribution is -0.362. The molecule has 2 fully saturated rings. The monoisotopic (exact) mass is 302 g/mol. The number of aliphatic hydroxyl groups is 2. The average Bonchev–Trinajstić information content (AvgIpc) is 2.30. The smallest absolute Gasteiger partial charge is 0.129 e. The van der Waals surface area contributed by atoms with E-state index >= 15 is 0 Å². The summed E-state index contributed by atoms with van der Waals surface area (Å²) in [5.74, 6) is 2.76. The molecule has 0 aromatic heterocycles. The third kappa shape index (κ3) is 3.88. The van der Waals surface area contributed by atoms with Crippen LogP contribution >= 0.6 is 43.2 Å². The van der Waals surface area contributed by atoms with Crippen molar-refractivity contribution in [3.8, 4) is 0 Å². The van der Waals surface area contributed by atoms with E-state index < -0.39 is 12.2 Å². The summed E-state index contributed by atoms with van der Waals surface area (Å²) < 4.78 is 0. The van der Waals surface area contributed by atoms with Crippen LogP contribution in [0.5, 0.6) is 0 Å². The fourth-order valence-corrected chi connectivity index (χ4v) is 5.94. The Hall–Kier alpha value is 1.24. The summed E-state index contributed by atoms with van der Waals surface area (Å²) in [6.07, 6.45) is -1.51. The van der Waals surface area contributed by atoms with Crippen LogP contribution in [0.3, 0.4) is 0 Å². The number of aliphatic hydroxyl groups excluding tert-OH is 2. The largest absolute Gasteiger partial charge is 0.389 e. The lowest BCUT2D eigenvalue weighted by atomic mass is 10.2. The van der Waals surface area contributed by atoms with Gasteiger partial charge in [-0.25, -0.2) is 9.78 Å². The molecule has 0 unspecified atom stereocenters. The summed E-state index contributed by atoms with van der Waals surface area (Å²) in [5, 5.41) is 19.3. The normalized spacial score (nSPS) is 40.9. The summed E-state index contributed by atoms with van der Waals surface area (Å²) in [7, 11) is 6.63. The van der Waals surface area contributed by atoms with Gasteiger partial charge in [0.05, 0.1) is 12.2 Å². The maximum absolute atomic E-state index is 9.65. The highest BCUT2D eigenvalue weighted by Crippen LogP contribution is 2.33. The Balaban J connectivity index is 1.72. The van der Waals surface area contributed by atoms with Crippen LogP contribution in [0.2, 0.25) is 0 Å². The fraction of sp³-hybridized carbons (Fsp3) is 1.00. The van der Waals surface area contributed by atoms with Gasteiger partial charge in [0.1, 0.15) is 12.2 Å². The van der Waals surface area contributed by atoms with E-state index in [0.29, 0.717) is 11.5 Å². The van der Waals surface area contributed by atoms with Crippen LogP contribution in [0.1, 0.15) is 0 Å². The highest BCUT2D eigenvalue weighted by Gasteiger charge is 2.30. The number of hydrogen-bond donors (Lipinski definition) is 2. The second-order valence-corrected chi connectivity index (χ2v) is 8.65. The van der Waals surface area contributed by atoms with Gasteiger partial charge in [-0.3, -0.25) is 0 Å². The Labute approximate surface area is 110 Å². The second kappa shape index (κ2) is 6.98. The van der Waals surface area contributed by atoms with E-state index in [1.54, 1.807) is 43.2 Å². The van der Waals surface area contributed by atoms with E-state index in [1.165, 1.54) is 0 Å². The van der Waals surface area contributed by atoms with Crippen LogP contribution < -0.4 is 0 Å². The van der Waals surface area contributed by atoms with Gasteiger partial charge in [-0.1, -0.05) is 43.2 Å². The van der Waals surface area contributed by atoms with E-state index in [2.05, 4.69) is 0 Å². The molecule has 94 valence electrons. The van der Waals surface area contributed by atoms with Crippen LogP contribution in [0.15, 0.2) is 0 Å². The number of hydrogen-bond acceptors (Lipinski definition) is 8. The molecule has 2 aliphatic heterocycles. The van der Waals surface area contributed by atoms with Crippen molar-refractivity contribution in [2.75, 3.05) is 23.0 Å². The van der Waals surface area contributed by atoms with E-state index in [0.717, 1.165) is 11.5 Å². The second-order valence-electron chi connectivity index (χ2n) is 3.54. The highest BCUT2D eigenvalue weighted by atomic mass is 33.1. The first-order valence-electron chi connectivity index (χ1n) is 4.94. The van der Waals surface area contributed by atoms with Crippen molar-refractivity contribution in [2.24, 2.45) is 0 Å². The molecular formula is C8H14O4S4. The summed E-state index contributed by atoms with van der Waals surface area (Å²) in [4.78, 5) is 10.5. The molecule has 0 spiro atoms. The molecule has 0 aromatic carbocycles. The minimum absolute atomic E-state index is 0.280. The molecule has 0 aliphatic carbocycles. The average molecular weight is 302 g/mol. The standard InChI is InChI=1S/C8H14O4S4/c9-5-1-13-15-3-7(5)11-12-8-4-16-14-2-6(8)10/h5-10H,1-4H2/t5-,6+,7-,8-/m1/s1. The molecule has 2 heterocycles. The Morgan fingerprint density at radius 1 is 0.688 bits per heavy atom. The Morgan fingerprint density at radius 3 is 1.44 bits per heavy atom. The van der Waals surface area contributed by atoms with Crippen molar-refractivity contribution < 1.29 is 20.0 Å². The molecule has 2 N–H and O–H groups in total. The predicted octanol–water partition coefficient (Wildman–Crippen LogP) is 1.18. The van der Waals surface area contributed by atoms with Crippen LogP contribution in [0.4, 0.5) is 0 Å². The summed E-state index contributed by atoms with van der Waals surface area (Å²) in [6, 6.07) is 0. The molecule has 0 radical (unpaired) electrons. The van der Waals surface area contributed by atoms with Gasteiger partial charge >= 0.3 is 0 Å². The van der Waals surface area contributed by atoms with E-state index in [-0.39, 0.29) is 12.2 Å². The van der Waals surface area contributed by atoms with Gasteiger partial charge in [-0.15, -0.1) is 0 Å². The molecule has 2 rings (SSSR count). The molecule has 2 saturated heterocycles. The van der Waals surface area contributed by atoms with Gasteiger partial charge in [0.15, 0.2) is 0 Å². The first-order chi connectivity index (χ1) is 7.77. The minimum atomic E-state index is -0.478. The molecule has 0 saturated carbocycles. The minimum Gasteiger partial charge on any atom is -0.389 e. The maximum Gasteiger partial charge on any atom is 0.129 e. The Kier molecular flexibility index (Phi) is 5.97. The van der Waals surface area contributed by atoms with Crippen LogP contribution in [0, 0.1) is 0 Å². The first kappa shape index (κ1) is 13.7. The van der Waals surface area contributed by atoms with Crippen LogP contribution in [-0.2, 0) is 9.78 Å². The molecule has 8 heteroatoms. The van der Waals surface area contributed by atoms with E-state index in [4.69, 9.17) is 9.78 Å². The summed E-state index contributed by atoms with van der Waals surface area (Å²) >= 11 is 0. The fourth-order valence-electron chi connectivity index (χ4n) is 1.23. The topological polar surface area (TPSA) is 58.9 Å². The first-order valence-corrected chi connectivity index (χ1v) is 9.92. The lowest BCUT2D eigenvalue weighted by Crippen LogP contribution is -2.41. The van der Waals surface area contributed by atoms with Crippen molar-refractivity contribution in [2.45, 2.75) is 24.4 Å². The molecule has 4 nitrogen and oxygen atoms in total. The SMILES string of the molecule is O[C@@H]1CSSC[C@H]1OO[C@@H]1CSSC[C@@H]1O. The van der Waals surface area contributed by atoms with Crippen LogP contribution in [-0.4, -0.2) is 57.6 Å². The molecule has 0 bridgehead atoms. The van der Waals surface area contributed by atoms with Crippen molar-refractivity contribution in [3.05, 3.63) is 0 Å². The molecule has 0 amide bonds. The summed E-state index contributed by atoms with van der Waals surface area (Å²) in [5.41, 5.74) is 0. The zero-order valence-electron chi connectivity index (χ0n) is 8.48. The van der Waals surface area contributed by atoms with Crippen molar-refractivity contribution >= 4 is 43.2 Å². The van der Waals surface area contributed by atoms with Gasteiger partial charge < -0.3 is 10.2 Å². The summed E-state index contributed by atoms with van der Waals surface area (Å²) in [6.45, 7) is 0. The third-order valence-corrected chi connectivity index (χ3v) is 7.12. The molecule has 0 aromatic rings. The van der Waals surface area contributed by atoms with Crippen molar-refractivity contribution in [1.82, 2.24) is 0 Å². The van der Waals surface area contributed by atoms with Crippen LogP contribution in [0.25, 0.3) is 0 Å². The molecule has 4 atom stereocenters. The zero-order valence-corrected chi connectivity index (χ0v) is 11.7. The Morgan fingerprint density at radius 2 is 1.06 bits per heavy atom. The predicted molar refractivity (Wildman–Crippen MR) is 71.6 cm³/mol. The van der Waals surface area contributed by atoms with Gasteiger partial charge in [-0.05, 0) is 0 Å². The quantitative estimate of drug-likeness (QED) is 0.458. The van der Waals surface area contributed by atoms with Gasteiger partial charge in [0.25, 0.3) is 0 Å². The molecule has 16 heavy (non-hydrogen) atoms. The Bertz CT molecular complexity index is 198. The maximum atomic E-state index is 9.65. The highest BCUT2D eigenvalue weighted by molar-refractivity contribution is 8.77. The van der Waals surface area contributed by atoms with Gasteiger partial charge in [0.2, 0.25) is 0 Å². The number of rotatable bonds is 3. The van der Waals surface area contributed by atoms with E-state index in [9.17, 15) is 10.2 Å².